The molecule has 3 N–H and O–H groups in total. The van der Waals surface area contributed by atoms with Crippen LogP contribution in [0.25, 0.3) is 10.1 Å². The van der Waals surface area contributed by atoms with Gasteiger partial charge in [-0.3, -0.25) is 11.3 Å². The van der Waals surface area contributed by atoms with E-state index in [-0.39, 0.29) is 12.1 Å². The average molecular weight is 278 g/mol. The lowest BCUT2D eigenvalue weighted by Gasteiger charge is -2.25. The summed E-state index contributed by atoms with van der Waals surface area (Å²) in [7, 11) is 0. The summed E-state index contributed by atoms with van der Waals surface area (Å²) in [6.45, 7) is 4.88. The van der Waals surface area contributed by atoms with Gasteiger partial charge in [0.05, 0.1) is 12.1 Å². The quantitative estimate of drug-likeness (QED) is 0.604. The Bertz CT molecular complexity index is 512. The fourth-order valence-electron chi connectivity index (χ4n) is 2.46. The van der Waals surface area contributed by atoms with Gasteiger partial charge >= 0.3 is 0 Å². The summed E-state index contributed by atoms with van der Waals surface area (Å²) >= 11 is 1.79. The maximum absolute atomic E-state index is 5.77. The van der Waals surface area contributed by atoms with E-state index >= 15 is 0 Å². The van der Waals surface area contributed by atoms with Gasteiger partial charge in [0, 0.05) is 11.3 Å². The number of rotatable bonds is 7. The van der Waals surface area contributed by atoms with Crippen molar-refractivity contribution in [3.8, 4) is 0 Å². The average Bonchev–Trinajstić information content (AvgIpc) is 2.86. The van der Waals surface area contributed by atoms with Gasteiger partial charge in [0.15, 0.2) is 0 Å². The summed E-state index contributed by atoms with van der Waals surface area (Å²) in [4.78, 5) is 0. The van der Waals surface area contributed by atoms with Crippen molar-refractivity contribution in [1.29, 1.82) is 0 Å². The molecule has 2 aromatic rings. The van der Waals surface area contributed by atoms with Gasteiger partial charge in [-0.15, -0.1) is 11.3 Å². The number of hydrogen-bond donors (Lipinski definition) is 2. The first kappa shape index (κ1) is 14.5. The monoisotopic (exact) mass is 278 g/mol. The molecule has 19 heavy (non-hydrogen) atoms. The minimum Gasteiger partial charge on any atom is -0.377 e. The van der Waals surface area contributed by atoms with Gasteiger partial charge in [-0.25, -0.2) is 0 Å². The molecular formula is C15H22N2OS. The van der Waals surface area contributed by atoms with E-state index in [0.717, 1.165) is 19.4 Å². The molecule has 0 saturated carbocycles. The zero-order valence-electron chi connectivity index (χ0n) is 11.6. The van der Waals surface area contributed by atoms with Crippen molar-refractivity contribution in [2.45, 2.75) is 38.8 Å². The van der Waals surface area contributed by atoms with Gasteiger partial charge in [0.1, 0.15) is 0 Å². The molecule has 2 unspecified atom stereocenters. The van der Waals surface area contributed by atoms with Crippen LogP contribution in [0.15, 0.2) is 29.6 Å². The van der Waals surface area contributed by atoms with Gasteiger partial charge in [0.2, 0.25) is 0 Å². The normalized spacial score (nSPS) is 14.7. The molecule has 1 heterocycles. The Hall–Kier alpha value is -0.940. The van der Waals surface area contributed by atoms with Gasteiger partial charge in [-0.1, -0.05) is 25.1 Å². The van der Waals surface area contributed by atoms with Crippen molar-refractivity contribution in [2.75, 3.05) is 6.61 Å². The molecular weight excluding hydrogens is 256 g/mol. The lowest BCUT2D eigenvalue weighted by molar-refractivity contribution is 0.0320. The van der Waals surface area contributed by atoms with Crippen LogP contribution >= 0.6 is 11.3 Å². The molecule has 0 spiro atoms. The molecule has 0 aliphatic carbocycles. The van der Waals surface area contributed by atoms with Crippen LogP contribution in [0.1, 0.15) is 25.8 Å². The number of thiophene rings is 1. The summed E-state index contributed by atoms with van der Waals surface area (Å²) in [5, 5.41) is 3.56. The SMILES string of the molecule is CCOC(CC)C(Cc1csc2ccccc12)NN. The highest BCUT2D eigenvalue weighted by Crippen LogP contribution is 2.27. The predicted molar refractivity (Wildman–Crippen MR) is 82.3 cm³/mol. The summed E-state index contributed by atoms with van der Waals surface area (Å²) in [5.74, 6) is 5.71. The number of fused-ring (bicyclic) bond motifs is 1. The first-order valence-corrected chi connectivity index (χ1v) is 7.70. The van der Waals surface area contributed by atoms with E-state index in [1.165, 1.54) is 15.6 Å². The second-order valence-electron chi connectivity index (χ2n) is 4.64. The van der Waals surface area contributed by atoms with E-state index in [4.69, 9.17) is 10.6 Å². The van der Waals surface area contributed by atoms with Crippen LogP contribution in [-0.2, 0) is 11.2 Å². The fourth-order valence-corrected chi connectivity index (χ4v) is 3.43. The lowest BCUT2D eigenvalue weighted by Crippen LogP contribution is -2.46. The Morgan fingerprint density at radius 1 is 1.32 bits per heavy atom. The Labute approximate surface area is 118 Å². The third-order valence-electron chi connectivity index (χ3n) is 3.45. The Balaban J connectivity index is 2.17. The van der Waals surface area contributed by atoms with Gasteiger partial charge in [-0.05, 0) is 42.2 Å². The fraction of sp³-hybridized carbons (Fsp3) is 0.467. The third-order valence-corrected chi connectivity index (χ3v) is 4.46. The minimum absolute atomic E-state index is 0.156. The maximum atomic E-state index is 5.77. The molecule has 2 atom stereocenters. The van der Waals surface area contributed by atoms with Crippen LogP contribution < -0.4 is 11.3 Å². The number of ether oxygens (including phenoxy) is 1. The van der Waals surface area contributed by atoms with Crippen LogP contribution in [0.4, 0.5) is 0 Å². The number of nitrogens with two attached hydrogens (primary N) is 1. The van der Waals surface area contributed by atoms with Crippen molar-refractivity contribution >= 4 is 21.4 Å². The van der Waals surface area contributed by atoms with Crippen molar-refractivity contribution in [3.63, 3.8) is 0 Å². The molecule has 0 bridgehead atoms. The van der Waals surface area contributed by atoms with Crippen LogP contribution in [0.3, 0.4) is 0 Å². The molecule has 1 aromatic heterocycles. The number of nitrogens with one attached hydrogen (secondary N) is 1. The first-order valence-electron chi connectivity index (χ1n) is 6.83. The molecule has 3 nitrogen and oxygen atoms in total. The molecule has 4 heteroatoms. The van der Waals surface area contributed by atoms with E-state index in [9.17, 15) is 0 Å². The van der Waals surface area contributed by atoms with E-state index in [1.807, 2.05) is 6.92 Å². The first-order chi connectivity index (χ1) is 9.30. The van der Waals surface area contributed by atoms with E-state index < -0.39 is 0 Å². The Morgan fingerprint density at radius 2 is 2.11 bits per heavy atom. The van der Waals surface area contributed by atoms with Crippen LogP contribution in [0.5, 0.6) is 0 Å². The highest BCUT2D eigenvalue weighted by molar-refractivity contribution is 7.17. The molecule has 0 aliphatic rings. The summed E-state index contributed by atoms with van der Waals surface area (Å²) in [6, 6.07) is 8.66. The summed E-state index contributed by atoms with van der Waals surface area (Å²) in [6.07, 6.45) is 2.03. The minimum atomic E-state index is 0.156. The smallest absolute Gasteiger partial charge is 0.0741 e. The molecule has 104 valence electrons. The second kappa shape index (κ2) is 7.01. The van der Waals surface area contributed by atoms with E-state index in [2.05, 4.69) is 42.0 Å². The molecule has 0 fully saturated rings. The highest BCUT2D eigenvalue weighted by Gasteiger charge is 2.20. The maximum Gasteiger partial charge on any atom is 0.0741 e. The molecule has 2 rings (SSSR count). The molecule has 0 amide bonds. The second-order valence-corrected chi connectivity index (χ2v) is 5.55. The van der Waals surface area contributed by atoms with Gasteiger partial charge in [-0.2, -0.15) is 0 Å². The van der Waals surface area contributed by atoms with Crippen molar-refractivity contribution < 1.29 is 4.74 Å². The zero-order valence-corrected chi connectivity index (χ0v) is 12.4. The van der Waals surface area contributed by atoms with E-state index in [0.29, 0.717) is 0 Å². The summed E-state index contributed by atoms with van der Waals surface area (Å²) in [5.41, 5.74) is 4.27. The van der Waals surface area contributed by atoms with Gasteiger partial charge in [0.25, 0.3) is 0 Å². The zero-order chi connectivity index (χ0) is 13.7. The standard InChI is InChI=1S/C15H22N2OS/c1-3-14(18-4-2)13(17-16)9-11-10-19-15-8-6-5-7-12(11)15/h5-8,10,13-14,17H,3-4,9,16H2,1-2H3. The molecule has 1 aromatic carbocycles. The van der Waals surface area contributed by atoms with Crippen molar-refractivity contribution in [2.24, 2.45) is 5.84 Å². The third kappa shape index (κ3) is 3.34. The number of hydrogen-bond acceptors (Lipinski definition) is 4. The molecule has 0 saturated heterocycles. The lowest BCUT2D eigenvalue weighted by atomic mass is 9.99. The van der Waals surface area contributed by atoms with Crippen LogP contribution in [0, 0.1) is 0 Å². The topological polar surface area (TPSA) is 47.3 Å². The van der Waals surface area contributed by atoms with E-state index in [1.54, 1.807) is 11.3 Å². The highest BCUT2D eigenvalue weighted by atomic mass is 32.1. The number of hydrazine groups is 1. The number of benzene rings is 1. The molecule has 0 aliphatic heterocycles. The van der Waals surface area contributed by atoms with Crippen molar-refractivity contribution in [1.82, 2.24) is 5.43 Å². The van der Waals surface area contributed by atoms with Crippen molar-refractivity contribution in [3.05, 3.63) is 35.2 Å². The van der Waals surface area contributed by atoms with Crippen LogP contribution in [-0.4, -0.2) is 18.8 Å². The Kier molecular flexibility index (Phi) is 5.34. The Morgan fingerprint density at radius 3 is 2.79 bits per heavy atom. The summed E-state index contributed by atoms with van der Waals surface area (Å²) < 4.78 is 7.10. The van der Waals surface area contributed by atoms with Gasteiger partial charge < -0.3 is 4.74 Å². The molecule has 0 radical (unpaired) electrons. The largest absolute Gasteiger partial charge is 0.377 e. The van der Waals surface area contributed by atoms with Crippen LogP contribution in [0.2, 0.25) is 0 Å². The predicted octanol–water partition coefficient (Wildman–Crippen LogP) is 3.09.